The molecule has 0 aliphatic rings. The van der Waals surface area contributed by atoms with E-state index in [1.54, 1.807) is 6.20 Å². The van der Waals surface area contributed by atoms with E-state index in [4.69, 9.17) is 22.1 Å². The predicted octanol–water partition coefficient (Wildman–Crippen LogP) is 2.63. The lowest BCUT2D eigenvalue weighted by molar-refractivity contribution is 0.1000. The quantitative estimate of drug-likeness (QED) is 0.854. The second kappa shape index (κ2) is 7.09. The van der Waals surface area contributed by atoms with Crippen LogP contribution in [0.3, 0.4) is 0 Å². The Morgan fingerprint density at radius 1 is 1.36 bits per heavy atom. The normalized spacial score (nSPS) is 10.5. The summed E-state index contributed by atoms with van der Waals surface area (Å²) < 4.78 is 5.48. The van der Waals surface area contributed by atoms with Crippen molar-refractivity contribution in [1.29, 1.82) is 0 Å². The van der Waals surface area contributed by atoms with Crippen LogP contribution >= 0.6 is 11.6 Å². The van der Waals surface area contributed by atoms with Crippen LogP contribution in [-0.2, 0) is 6.54 Å². The van der Waals surface area contributed by atoms with Crippen LogP contribution in [0.1, 0.15) is 29.8 Å². The summed E-state index contributed by atoms with van der Waals surface area (Å²) in [5, 5.41) is 3.42. The summed E-state index contributed by atoms with van der Waals surface area (Å²) in [5.74, 6) is 0.501. The van der Waals surface area contributed by atoms with Gasteiger partial charge in [-0.05, 0) is 25.5 Å². The maximum atomic E-state index is 11.0. The first kappa shape index (κ1) is 16.0. The topological polar surface area (TPSA) is 90.1 Å². The number of nitrogens with zero attached hydrogens (tertiary/aromatic N) is 2. The smallest absolute Gasteiger partial charge is 0.250 e. The van der Waals surface area contributed by atoms with Crippen LogP contribution in [-0.4, -0.2) is 22.0 Å². The fraction of sp³-hybridized carbons (Fsp3) is 0.267. The van der Waals surface area contributed by atoms with Crippen molar-refractivity contribution >= 4 is 23.3 Å². The maximum absolute atomic E-state index is 11.0. The summed E-state index contributed by atoms with van der Waals surface area (Å²) >= 11 is 6.05. The molecule has 0 radical (unpaired) electrons. The average molecular weight is 321 g/mol. The third-order valence-electron chi connectivity index (χ3n) is 2.74. The zero-order chi connectivity index (χ0) is 16.1. The summed E-state index contributed by atoms with van der Waals surface area (Å²) in [6.45, 7) is 4.39. The lowest BCUT2D eigenvalue weighted by atomic mass is 10.2. The van der Waals surface area contributed by atoms with Crippen molar-refractivity contribution in [3.05, 3.63) is 46.7 Å². The van der Waals surface area contributed by atoms with Crippen molar-refractivity contribution in [2.24, 2.45) is 5.73 Å². The van der Waals surface area contributed by atoms with Crippen molar-refractivity contribution in [3.8, 4) is 5.88 Å². The minimum atomic E-state index is -0.564. The Balaban J connectivity index is 1.99. The number of amides is 1. The van der Waals surface area contributed by atoms with Gasteiger partial charge in [-0.2, -0.15) is 0 Å². The van der Waals surface area contributed by atoms with Crippen LogP contribution in [0.4, 0.5) is 5.82 Å². The third-order valence-corrected chi connectivity index (χ3v) is 3.03. The highest BCUT2D eigenvalue weighted by Gasteiger charge is 2.07. The van der Waals surface area contributed by atoms with Crippen LogP contribution in [0.5, 0.6) is 5.88 Å². The summed E-state index contributed by atoms with van der Waals surface area (Å²) in [5.41, 5.74) is 6.39. The molecule has 0 saturated heterocycles. The Labute approximate surface area is 133 Å². The molecule has 1 amide bonds. The zero-order valence-electron chi connectivity index (χ0n) is 12.3. The molecule has 0 bridgehead atoms. The van der Waals surface area contributed by atoms with Gasteiger partial charge in [-0.15, -0.1) is 0 Å². The molecule has 0 spiro atoms. The Bertz CT molecular complexity index is 659. The molecule has 0 unspecified atom stereocenters. The van der Waals surface area contributed by atoms with Gasteiger partial charge in [0.2, 0.25) is 11.8 Å². The minimum absolute atomic E-state index is 0.0863. The monoisotopic (exact) mass is 320 g/mol. The Hall–Kier alpha value is -2.34. The van der Waals surface area contributed by atoms with Gasteiger partial charge in [0.15, 0.2) is 0 Å². The van der Waals surface area contributed by atoms with E-state index in [9.17, 15) is 4.79 Å². The predicted molar refractivity (Wildman–Crippen MR) is 85.1 cm³/mol. The fourth-order valence-corrected chi connectivity index (χ4v) is 1.95. The molecule has 2 rings (SSSR count). The van der Waals surface area contributed by atoms with Crippen molar-refractivity contribution in [1.82, 2.24) is 9.97 Å². The molecule has 116 valence electrons. The molecule has 0 aliphatic carbocycles. The highest BCUT2D eigenvalue weighted by atomic mass is 35.5. The molecular formula is C15H17ClN4O2. The zero-order valence-corrected chi connectivity index (χ0v) is 13.1. The van der Waals surface area contributed by atoms with E-state index >= 15 is 0 Å². The number of carbonyl (C=O) groups is 1. The molecule has 0 aliphatic heterocycles. The van der Waals surface area contributed by atoms with E-state index in [1.807, 2.05) is 26.0 Å². The number of hydrogen-bond donors (Lipinski definition) is 2. The molecule has 3 N–H and O–H groups in total. The van der Waals surface area contributed by atoms with Crippen molar-refractivity contribution in [3.63, 3.8) is 0 Å². The number of ether oxygens (including phenoxy) is 1. The van der Waals surface area contributed by atoms with Gasteiger partial charge in [0.1, 0.15) is 5.82 Å². The summed E-state index contributed by atoms with van der Waals surface area (Å²) in [4.78, 5) is 19.3. The van der Waals surface area contributed by atoms with Crippen LogP contribution in [0.2, 0.25) is 5.02 Å². The number of carbonyl (C=O) groups excluding carboxylic acids is 1. The number of primary amides is 1. The molecule has 2 aromatic rings. The second-order valence-electron chi connectivity index (χ2n) is 4.94. The molecular weight excluding hydrogens is 304 g/mol. The molecule has 0 fully saturated rings. The number of nitrogens with two attached hydrogens (primary N) is 1. The molecule has 7 heteroatoms. The van der Waals surface area contributed by atoms with E-state index in [-0.39, 0.29) is 11.7 Å². The maximum Gasteiger partial charge on any atom is 0.250 e. The van der Waals surface area contributed by atoms with E-state index in [2.05, 4.69) is 15.3 Å². The highest BCUT2D eigenvalue weighted by molar-refractivity contribution is 6.33. The van der Waals surface area contributed by atoms with E-state index < -0.39 is 5.91 Å². The van der Waals surface area contributed by atoms with Gasteiger partial charge in [-0.1, -0.05) is 17.7 Å². The van der Waals surface area contributed by atoms with E-state index in [0.717, 1.165) is 5.56 Å². The lowest BCUT2D eigenvalue weighted by Gasteiger charge is -2.10. The fourth-order valence-electron chi connectivity index (χ4n) is 1.72. The highest BCUT2D eigenvalue weighted by Crippen LogP contribution is 2.20. The molecule has 0 saturated carbocycles. The lowest BCUT2D eigenvalue weighted by Crippen LogP contribution is -2.12. The number of aromatic nitrogens is 2. The van der Waals surface area contributed by atoms with E-state index in [0.29, 0.717) is 23.3 Å². The Morgan fingerprint density at radius 2 is 2.14 bits per heavy atom. The van der Waals surface area contributed by atoms with Crippen molar-refractivity contribution in [2.45, 2.75) is 26.5 Å². The van der Waals surface area contributed by atoms with Crippen molar-refractivity contribution < 1.29 is 9.53 Å². The Morgan fingerprint density at radius 3 is 2.68 bits per heavy atom. The molecule has 6 nitrogen and oxygen atoms in total. The molecule has 2 heterocycles. The first-order valence-electron chi connectivity index (χ1n) is 6.76. The van der Waals surface area contributed by atoms with Crippen LogP contribution in [0.15, 0.2) is 30.6 Å². The largest absolute Gasteiger partial charge is 0.475 e. The summed E-state index contributed by atoms with van der Waals surface area (Å²) in [6, 6.07) is 5.20. The molecule has 2 aromatic heterocycles. The van der Waals surface area contributed by atoms with Crippen LogP contribution < -0.4 is 15.8 Å². The number of anilines is 1. The number of hydrogen-bond acceptors (Lipinski definition) is 5. The van der Waals surface area contributed by atoms with Gasteiger partial charge in [0.25, 0.3) is 0 Å². The van der Waals surface area contributed by atoms with Gasteiger partial charge >= 0.3 is 0 Å². The van der Waals surface area contributed by atoms with Crippen LogP contribution in [0, 0.1) is 0 Å². The average Bonchev–Trinajstić information content (AvgIpc) is 2.46. The second-order valence-corrected chi connectivity index (χ2v) is 5.35. The minimum Gasteiger partial charge on any atom is -0.475 e. The number of pyridine rings is 2. The van der Waals surface area contributed by atoms with Gasteiger partial charge in [0.05, 0.1) is 16.7 Å². The molecule has 0 atom stereocenters. The molecule has 22 heavy (non-hydrogen) atoms. The third kappa shape index (κ3) is 4.33. The number of halogens is 1. The van der Waals surface area contributed by atoms with Gasteiger partial charge in [-0.3, -0.25) is 4.79 Å². The van der Waals surface area contributed by atoms with Gasteiger partial charge in [0, 0.05) is 25.0 Å². The van der Waals surface area contributed by atoms with Gasteiger partial charge < -0.3 is 15.8 Å². The first-order valence-corrected chi connectivity index (χ1v) is 7.14. The SMILES string of the molecule is CC(C)Oc1ccc(CNc2ncc(C(N)=O)cc2Cl)cn1. The van der Waals surface area contributed by atoms with E-state index in [1.165, 1.54) is 12.3 Å². The van der Waals surface area contributed by atoms with Crippen LogP contribution in [0.25, 0.3) is 0 Å². The first-order chi connectivity index (χ1) is 10.5. The summed E-state index contributed by atoms with van der Waals surface area (Å²) in [6.07, 6.45) is 3.19. The number of nitrogens with one attached hydrogen (secondary N) is 1. The van der Waals surface area contributed by atoms with Gasteiger partial charge in [-0.25, -0.2) is 9.97 Å². The molecule has 0 aromatic carbocycles. The standard InChI is InChI=1S/C15H17ClN4O2/c1-9(2)22-13-4-3-10(6-18-13)7-19-15-12(16)5-11(8-20-15)14(17)21/h3-6,8-9H,7H2,1-2H3,(H2,17,21)(H,19,20). The Kier molecular flexibility index (Phi) is 5.16. The summed E-state index contributed by atoms with van der Waals surface area (Å²) in [7, 11) is 0. The number of rotatable bonds is 6. The van der Waals surface area contributed by atoms with Crippen molar-refractivity contribution in [2.75, 3.05) is 5.32 Å².